The van der Waals surface area contributed by atoms with Crippen molar-refractivity contribution in [2.45, 2.75) is 32.5 Å². The van der Waals surface area contributed by atoms with Gasteiger partial charge < -0.3 is 24.9 Å². The van der Waals surface area contributed by atoms with E-state index in [1.165, 1.54) is 0 Å². The van der Waals surface area contributed by atoms with Crippen LogP contribution in [0.3, 0.4) is 0 Å². The van der Waals surface area contributed by atoms with Crippen molar-refractivity contribution in [3.63, 3.8) is 0 Å². The van der Waals surface area contributed by atoms with Gasteiger partial charge in [-0.05, 0) is 38.5 Å². The molecule has 0 amide bonds. The average molecular weight is 359 g/mol. The zero-order valence-corrected chi connectivity index (χ0v) is 16.0. The Balaban J connectivity index is 2.02. The van der Waals surface area contributed by atoms with E-state index in [0.29, 0.717) is 18.3 Å². The fraction of sp³-hybridized carbons (Fsp3) is 0.450. The van der Waals surface area contributed by atoms with E-state index in [1.54, 1.807) is 20.1 Å². The second kappa shape index (κ2) is 9.40. The number of hydrogen-bond acceptors (Lipinski definition) is 4. The van der Waals surface area contributed by atoms with Gasteiger partial charge in [-0.1, -0.05) is 30.3 Å². The topological polar surface area (TPSA) is 79.0 Å². The van der Waals surface area contributed by atoms with Crippen LogP contribution in [0.5, 0.6) is 0 Å². The van der Waals surface area contributed by atoms with Crippen molar-refractivity contribution in [3.8, 4) is 0 Å². The van der Waals surface area contributed by atoms with Crippen LogP contribution in [0.2, 0.25) is 0 Å². The number of nitrogens with one attached hydrogen (secondary N) is 2. The molecule has 0 fully saturated rings. The molecule has 1 heterocycles. The number of methoxy groups -OCH3 is 1. The van der Waals surface area contributed by atoms with Gasteiger partial charge in [-0.25, -0.2) is 4.99 Å². The number of guanidine groups is 1. The zero-order valence-electron chi connectivity index (χ0n) is 16.0. The van der Waals surface area contributed by atoms with E-state index in [0.717, 1.165) is 17.9 Å². The molecule has 1 aromatic carbocycles. The molecule has 0 aliphatic heterocycles. The zero-order chi connectivity index (χ0) is 19.0. The van der Waals surface area contributed by atoms with Crippen LogP contribution >= 0.6 is 0 Å². The lowest BCUT2D eigenvalue weighted by Gasteiger charge is -2.21. The molecule has 0 radical (unpaired) electrons. The Kier molecular flexibility index (Phi) is 7.24. The van der Waals surface area contributed by atoms with E-state index in [2.05, 4.69) is 15.6 Å². The Morgan fingerprint density at radius 2 is 1.96 bits per heavy atom. The predicted octanol–water partition coefficient (Wildman–Crippen LogP) is 2.74. The monoisotopic (exact) mass is 359 g/mol. The third-order valence-corrected chi connectivity index (χ3v) is 4.07. The van der Waals surface area contributed by atoms with Crippen LogP contribution in [-0.4, -0.2) is 37.8 Å². The second-order valence-corrected chi connectivity index (χ2v) is 6.40. The average Bonchev–Trinajstić information content (AvgIpc) is 3.08. The van der Waals surface area contributed by atoms with Gasteiger partial charge in [-0.15, -0.1) is 0 Å². The first-order valence-electron chi connectivity index (χ1n) is 8.85. The van der Waals surface area contributed by atoms with Crippen LogP contribution in [0.1, 0.15) is 37.0 Å². The van der Waals surface area contributed by atoms with Gasteiger partial charge in [0.15, 0.2) is 5.96 Å². The summed E-state index contributed by atoms with van der Waals surface area (Å²) in [4.78, 5) is 4.50. The Morgan fingerprint density at radius 1 is 1.23 bits per heavy atom. The quantitative estimate of drug-likeness (QED) is 0.499. The van der Waals surface area contributed by atoms with Gasteiger partial charge in [0.25, 0.3) is 0 Å². The molecule has 142 valence electrons. The maximum Gasteiger partial charge on any atom is 0.191 e. The Hall–Kier alpha value is -2.31. The van der Waals surface area contributed by atoms with Crippen LogP contribution in [0, 0.1) is 6.92 Å². The van der Waals surface area contributed by atoms with E-state index in [9.17, 15) is 5.11 Å². The summed E-state index contributed by atoms with van der Waals surface area (Å²) in [5, 5.41) is 17.1. The number of ether oxygens (including phenoxy) is 1. The molecule has 3 N–H and O–H groups in total. The first-order chi connectivity index (χ1) is 12.5. The van der Waals surface area contributed by atoms with E-state index >= 15 is 0 Å². The minimum absolute atomic E-state index is 0.0895. The summed E-state index contributed by atoms with van der Waals surface area (Å²) >= 11 is 0. The van der Waals surface area contributed by atoms with Crippen LogP contribution in [0.25, 0.3) is 0 Å². The number of hydrogen-bond donors (Lipinski definition) is 3. The minimum atomic E-state index is -1.17. The molecule has 2 aromatic rings. The van der Waals surface area contributed by atoms with Gasteiger partial charge in [-0.3, -0.25) is 0 Å². The maximum absolute atomic E-state index is 10.6. The van der Waals surface area contributed by atoms with Gasteiger partial charge >= 0.3 is 0 Å². The molecule has 0 saturated heterocycles. The highest BCUT2D eigenvalue weighted by Crippen LogP contribution is 2.23. The summed E-state index contributed by atoms with van der Waals surface area (Å²) in [5.41, 5.74) is -0.0760. The molecule has 2 rings (SSSR count). The highest BCUT2D eigenvalue weighted by Gasteiger charge is 2.26. The van der Waals surface area contributed by atoms with Crippen molar-refractivity contribution >= 4 is 5.96 Å². The SMILES string of the molecule is CCNC(=NCC(C)(O)c1ccc(C)o1)NCC(OC)c1ccccc1. The summed E-state index contributed by atoms with van der Waals surface area (Å²) in [7, 11) is 1.69. The van der Waals surface area contributed by atoms with Crippen LogP contribution in [0.4, 0.5) is 0 Å². The molecule has 2 atom stereocenters. The lowest BCUT2D eigenvalue weighted by molar-refractivity contribution is 0.0428. The van der Waals surface area contributed by atoms with Crippen LogP contribution < -0.4 is 10.6 Å². The van der Waals surface area contributed by atoms with Crippen molar-refractivity contribution in [1.82, 2.24) is 10.6 Å². The molecule has 0 aliphatic rings. The molecular weight excluding hydrogens is 330 g/mol. The van der Waals surface area contributed by atoms with Gasteiger partial charge in [0, 0.05) is 20.2 Å². The third kappa shape index (κ3) is 5.61. The first kappa shape index (κ1) is 20.0. The first-order valence-corrected chi connectivity index (χ1v) is 8.85. The third-order valence-electron chi connectivity index (χ3n) is 4.07. The van der Waals surface area contributed by atoms with Crippen molar-refractivity contribution in [1.29, 1.82) is 0 Å². The van der Waals surface area contributed by atoms with Crippen LogP contribution in [0.15, 0.2) is 51.9 Å². The normalized spacial score (nSPS) is 15.3. The van der Waals surface area contributed by atoms with Gasteiger partial charge in [0.1, 0.15) is 17.1 Å². The van der Waals surface area contributed by atoms with Crippen molar-refractivity contribution in [3.05, 3.63) is 59.5 Å². The lowest BCUT2D eigenvalue weighted by Crippen LogP contribution is -2.40. The smallest absolute Gasteiger partial charge is 0.191 e. The van der Waals surface area contributed by atoms with Crippen molar-refractivity contribution in [2.24, 2.45) is 4.99 Å². The van der Waals surface area contributed by atoms with Gasteiger partial charge in [-0.2, -0.15) is 0 Å². The number of aliphatic hydroxyl groups is 1. The molecule has 6 nitrogen and oxygen atoms in total. The maximum atomic E-state index is 10.6. The summed E-state index contributed by atoms with van der Waals surface area (Å²) < 4.78 is 11.1. The standard InChI is InChI=1S/C20H29N3O3/c1-5-21-19(22-13-17(25-4)16-9-7-6-8-10-16)23-14-20(3,24)18-12-11-15(2)26-18/h6-12,17,24H,5,13-14H2,1-4H3,(H2,21,22,23). The largest absolute Gasteiger partial charge is 0.463 e. The summed E-state index contributed by atoms with van der Waals surface area (Å²) in [6.07, 6.45) is -0.0895. The Bertz CT molecular complexity index is 695. The fourth-order valence-corrected chi connectivity index (χ4v) is 2.57. The number of aryl methyl sites for hydroxylation is 1. The predicted molar refractivity (Wildman–Crippen MR) is 103 cm³/mol. The van der Waals surface area contributed by atoms with Crippen LogP contribution in [-0.2, 0) is 10.3 Å². The molecule has 26 heavy (non-hydrogen) atoms. The Labute approximate surface area is 155 Å². The Morgan fingerprint density at radius 3 is 2.54 bits per heavy atom. The molecule has 0 saturated carbocycles. The molecule has 0 bridgehead atoms. The summed E-state index contributed by atoms with van der Waals surface area (Å²) in [6.45, 7) is 7.00. The fourth-order valence-electron chi connectivity index (χ4n) is 2.57. The van der Waals surface area contributed by atoms with E-state index in [-0.39, 0.29) is 12.6 Å². The highest BCUT2D eigenvalue weighted by atomic mass is 16.5. The molecule has 2 unspecified atom stereocenters. The summed E-state index contributed by atoms with van der Waals surface area (Å²) in [5.74, 6) is 1.89. The van der Waals surface area contributed by atoms with E-state index in [4.69, 9.17) is 9.15 Å². The summed E-state index contributed by atoms with van der Waals surface area (Å²) in [6, 6.07) is 13.6. The molecule has 0 spiro atoms. The molecule has 1 aromatic heterocycles. The molecule has 6 heteroatoms. The minimum Gasteiger partial charge on any atom is -0.463 e. The number of nitrogens with zero attached hydrogens (tertiary/aromatic N) is 1. The van der Waals surface area contributed by atoms with Crippen molar-refractivity contribution in [2.75, 3.05) is 26.7 Å². The number of furan rings is 1. The second-order valence-electron chi connectivity index (χ2n) is 6.40. The van der Waals surface area contributed by atoms with E-state index in [1.807, 2.05) is 50.2 Å². The lowest BCUT2D eigenvalue weighted by atomic mass is 10.0. The molecule has 0 aliphatic carbocycles. The number of rotatable bonds is 8. The van der Waals surface area contributed by atoms with E-state index < -0.39 is 5.60 Å². The van der Waals surface area contributed by atoms with Crippen molar-refractivity contribution < 1.29 is 14.3 Å². The highest BCUT2D eigenvalue weighted by molar-refractivity contribution is 5.79. The van der Waals surface area contributed by atoms with Gasteiger partial charge in [0.05, 0.1) is 12.6 Å². The number of benzene rings is 1. The van der Waals surface area contributed by atoms with Gasteiger partial charge in [0.2, 0.25) is 0 Å². The number of aliphatic imine (C=N–C) groups is 1. The molecular formula is C20H29N3O3.